The summed E-state index contributed by atoms with van der Waals surface area (Å²) < 4.78 is 5.27. The van der Waals surface area contributed by atoms with Crippen LogP contribution < -0.4 is 4.90 Å². The first-order valence-corrected chi connectivity index (χ1v) is 5.83. The van der Waals surface area contributed by atoms with Gasteiger partial charge in [-0.15, -0.1) is 0 Å². The minimum absolute atomic E-state index is 0.170. The Morgan fingerprint density at radius 1 is 1.58 bits per heavy atom. The molecule has 1 atom stereocenters. The lowest BCUT2D eigenvalue weighted by atomic mass is 10.1. The predicted octanol–water partition coefficient (Wildman–Crippen LogP) is 1.52. The van der Waals surface area contributed by atoms with Crippen molar-refractivity contribution in [3.05, 3.63) is 33.9 Å². The van der Waals surface area contributed by atoms with Gasteiger partial charge in [0.1, 0.15) is 5.56 Å². The van der Waals surface area contributed by atoms with Gasteiger partial charge in [-0.2, -0.15) is 0 Å². The lowest BCUT2D eigenvalue weighted by Gasteiger charge is -2.25. The zero-order valence-corrected chi connectivity index (χ0v) is 10.4. The van der Waals surface area contributed by atoms with Crippen LogP contribution in [0.25, 0.3) is 0 Å². The summed E-state index contributed by atoms with van der Waals surface area (Å²) in [6.07, 6.45) is 0.857. The van der Waals surface area contributed by atoms with Crippen LogP contribution in [0.5, 0.6) is 0 Å². The highest BCUT2D eigenvalue weighted by molar-refractivity contribution is 5.93. The zero-order chi connectivity index (χ0) is 14.0. The summed E-state index contributed by atoms with van der Waals surface area (Å²) in [6, 6.07) is 4.29. The fourth-order valence-corrected chi connectivity index (χ4v) is 2.11. The SMILES string of the molecule is CN(c1ccc([N+](=O)[O-])c(C(=O)O)c1)C1CCOC1. The van der Waals surface area contributed by atoms with E-state index >= 15 is 0 Å². The molecule has 1 aromatic carbocycles. The van der Waals surface area contributed by atoms with E-state index in [0.717, 1.165) is 6.42 Å². The van der Waals surface area contributed by atoms with Gasteiger partial charge < -0.3 is 14.7 Å². The molecule has 1 aromatic rings. The van der Waals surface area contributed by atoms with Crippen molar-refractivity contribution in [2.24, 2.45) is 0 Å². The molecule has 102 valence electrons. The van der Waals surface area contributed by atoms with Crippen molar-refractivity contribution in [2.75, 3.05) is 25.2 Å². The molecule has 0 aromatic heterocycles. The Morgan fingerprint density at radius 3 is 2.84 bits per heavy atom. The van der Waals surface area contributed by atoms with Crippen LogP contribution in [0.4, 0.5) is 11.4 Å². The van der Waals surface area contributed by atoms with Crippen molar-refractivity contribution in [3.8, 4) is 0 Å². The minimum Gasteiger partial charge on any atom is -0.477 e. The largest absolute Gasteiger partial charge is 0.477 e. The molecule has 7 heteroatoms. The Balaban J connectivity index is 2.34. The maximum absolute atomic E-state index is 11.1. The number of nitrogens with zero attached hydrogens (tertiary/aromatic N) is 2. The number of hydrogen-bond acceptors (Lipinski definition) is 5. The molecule has 1 aliphatic rings. The first-order valence-electron chi connectivity index (χ1n) is 5.83. The standard InChI is InChI=1S/C12H14N2O5/c1-13(9-4-5-19-7-9)8-2-3-11(14(17)18)10(6-8)12(15)16/h2-3,6,9H,4-5,7H2,1H3,(H,15,16). The lowest BCUT2D eigenvalue weighted by Crippen LogP contribution is -2.31. The van der Waals surface area contributed by atoms with E-state index in [2.05, 4.69) is 0 Å². The number of hydrogen-bond donors (Lipinski definition) is 1. The molecule has 1 unspecified atom stereocenters. The van der Waals surface area contributed by atoms with Gasteiger partial charge in [0, 0.05) is 25.4 Å². The van der Waals surface area contributed by atoms with Gasteiger partial charge in [-0.1, -0.05) is 0 Å². The number of carboxylic acid groups (broad SMARTS) is 1. The van der Waals surface area contributed by atoms with E-state index in [-0.39, 0.29) is 11.6 Å². The van der Waals surface area contributed by atoms with Gasteiger partial charge in [-0.25, -0.2) is 4.79 Å². The third kappa shape index (κ3) is 2.65. The van der Waals surface area contributed by atoms with E-state index in [9.17, 15) is 14.9 Å². The highest BCUT2D eigenvalue weighted by Crippen LogP contribution is 2.27. The van der Waals surface area contributed by atoms with Crippen molar-refractivity contribution in [3.63, 3.8) is 0 Å². The Kier molecular flexibility index (Phi) is 3.66. The Morgan fingerprint density at radius 2 is 2.32 bits per heavy atom. The Labute approximate surface area is 109 Å². The molecule has 1 saturated heterocycles. The van der Waals surface area contributed by atoms with E-state index in [4.69, 9.17) is 9.84 Å². The summed E-state index contributed by atoms with van der Waals surface area (Å²) in [5.74, 6) is -1.30. The van der Waals surface area contributed by atoms with Crippen molar-refractivity contribution in [1.29, 1.82) is 0 Å². The molecule has 1 aliphatic heterocycles. The highest BCUT2D eigenvalue weighted by atomic mass is 16.6. The topological polar surface area (TPSA) is 92.9 Å². The summed E-state index contributed by atoms with van der Waals surface area (Å²) in [7, 11) is 1.83. The van der Waals surface area contributed by atoms with E-state index in [1.165, 1.54) is 12.1 Å². The maximum atomic E-state index is 11.1. The number of aromatic carboxylic acids is 1. The van der Waals surface area contributed by atoms with Gasteiger partial charge in [0.25, 0.3) is 5.69 Å². The maximum Gasteiger partial charge on any atom is 0.342 e. The molecule has 19 heavy (non-hydrogen) atoms. The highest BCUT2D eigenvalue weighted by Gasteiger charge is 2.24. The smallest absolute Gasteiger partial charge is 0.342 e. The first kappa shape index (κ1) is 13.3. The zero-order valence-electron chi connectivity index (χ0n) is 10.4. The van der Waals surface area contributed by atoms with Crippen molar-refractivity contribution in [1.82, 2.24) is 0 Å². The molecular weight excluding hydrogens is 252 g/mol. The van der Waals surface area contributed by atoms with Crippen LogP contribution in [0.3, 0.4) is 0 Å². The number of rotatable bonds is 4. The molecule has 7 nitrogen and oxygen atoms in total. The molecule has 0 amide bonds. The van der Waals surface area contributed by atoms with Gasteiger partial charge in [0.05, 0.1) is 17.6 Å². The molecule has 0 spiro atoms. The van der Waals surface area contributed by atoms with Crippen LogP contribution in [-0.4, -0.2) is 42.3 Å². The van der Waals surface area contributed by atoms with E-state index in [1.54, 1.807) is 6.07 Å². The van der Waals surface area contributed by atoms with E-state index in [1.807, 2.05) is 11.9 Å². The molecule has 2 rings (SSSR count). The number of ether oxygens (including phenoxy) is 1. The molecule has 1 heterocycles. The van der Waals surface area contributed by atoms with E-state index < -0.39 is 16.6 Å². The van der Waals surface area contributed by atoms with Crippen LogP contribution in [0, 0.1) is 10.1 Å². The summed E-state index contributed by atoms with van der Waals surface area (Å²) in [4.78, 5) is 23.1. The number of likely N-dealkylation sites (N-methyl/N-ethyl adjacent to an activating group) is 1. The molecule has 0 saturated carbocycles. The second-order valence-corrected chi connectivity index (χ2v) is 4.39. The molecule has 0 radical (unpaired) electrons. The summed E-state index contributed by atoms with van der Waals surface area (Å²) in [5.41, 5.74) is -0.0564. The van der Waals surface area contributed by atoms with Crippen molar-refractivity contribution in [2.45, 2.75) is 12.5 Å². The van der Waals surface area contributed by atoms with Crippen LogP contribution in [0.1, 0.15) is 16.8 Å². The fraction of sp³-hybridized carbons (Fsp3) is 0.417. The predicted molar refractivity (Wildman–Crippen MR) is 67.7 cm³/mol. The van der Waals surface area contributed by atoms with E-state index in [0.29, 0.717) is 18.9 Å². The van der Waals surface area contributed by atoms with Gasteiger partial charge in [0.15, 0.2) is 0 Å². The quantitative estimate of drug-likeness (QED) is 0.656. The summed E-state index contributed by atoms with van der Waals surface area (Å²) in [5, 5.41) is 19.8. The van der Waals surface area contributed by atoms with Crippen molar-refractivity contribution >= 4 is 17.3 Å². The average molecular weight is 266 g/mol. The van der Waals surface area contributed by atoms with Gasteiger partial charge >= 0.3 is 5.97 Å². The molecule has 0 aliphatic carbocycles. The number of carbonyl (C=O) groups is 1. The Bertz CT molecular complexity index is 511. The van der Waals surface area contributed by atoms with Gasteiger partial charge in [-0.3, -0.25) is 10.1 Å². The second-order valence-electron chi connectivity index (χ2n) is 4.39. The van der Waals surface area contributed by atoms with Crippen LogP contribution in [-0.2, 0) is 4.74 Å². The summed E-state index contributed by atoms with van der Waals surface area (Å²) >= 11 is 0. The van der Waals surface area contributed by atoms with Crippen LogP contribution in [0.15, 0.2) is 18.2 Å². The lowest BCUT2D eigenvalue weighted by molar-refractivity contribution is -0.385. The fourth-order valence-electron chi connectivity index (χ4n) is 2.11. The first-order chi connectivity index (χ1) is 9.00. The average Bonchev–Trinajstić information content (AvgIpc) is 2.90. The number of benzene rings is 1. The molecular formula is C12H14N2O5. The molecule has 1 fully saturated rings. The van der Waals surface area contributed by atoms with Gasteiger partial charge in [0.2, 0.25) is 0 Å². The number of nitro groups is 1. The Hall–Kier alpha value is -2.15. The third-order valence-corrected chi connectivity index (χ3v) is 3.27. The van der Waals surface area contributed by atoms with Gasteiger partial charge in [-0.05, 0) is 18.6 Å². The molecule has 0 bridgehead atoms. The summed E-state index contributed by atoms with van der Waals surface area (Å²) in [6.45, 7) is 1.25. The monoisotopic (exact) mass is 266 g/mol. The number of carboxylic acids is 1. The molecule has 1 N–H and O–H groups in total. The normalized spacial score (nSPS) is 18.3. The van der Waals surface area contributed by atoms with Crippen LogP contribution in [0.2, 0.25) is 0 Å². The number of anilines is 1. The van der Waals surface area contributed by atoms with Crippen molar-refractivity contribution < 1.29 is 19.6 Å². The second kappa shape index (κ2) is 5.23. The minimum atomic E-state index is -1.30. The third-order valence-electron chi connectivity index (χ3n) is 3.27. The van der Waals surface area contributed by atoms with Crippen LogP contribution >= 0.6 is 0 Å². The number of nitro benzene ring substituents is 1.